The first-order valence-corrected chi connectivity index (χ1v) is 8.31. The molecule has 0 fully saturated rings. The second kappa shape index (κ2) is 9.63. The summed E-state index contributed by atoms with van der Waals surface area (Å²) in [7, 11) is 1.50. The molecule has 1 N–H and O–H groups in total. The van der Waals surface area contributed by atoms with Gasteiger partial charge in [-0.2, -0.15) is 0 Å². The van der Waals surface area contributed by atoms with Gasteiger partial charge in [-0.15, -0.1) is 0 Å². The van der Waals surface area contributed by atoms with Crippen molar-refractivity contribution in [2.24, 2.45) is 5.16 Å². The van der Waals surface area contributed by atoms with Gasteiger partial charge in [-0.3, -0.25) is 4.79 Å². The average Bonchev–Trinajstić information content (AvgIpc) is 2.69. The molecule has 0 bridgehead atoms. The molecule has 0 aliphatic carbocycles. The van der Waals surface area contributed by atoms with E-state index in [4.69, 9.17) is 14.3 Å². The van der Waals surface area contributed by atoms with E-state index in [1.54, 1.807) is 18.2 Å². The van der Waals surface area contributed by atoms with E-state index in [0.717, 1.165) is 6.07 Å². The van der Waals surface area contributed by atoms with Crippen LogP contribution in [0.1, 0.15) is 19.4 Å². The van der Waals surface area contributed by atoms with Crippen molar-refractivity contribution in [2.75, 3.05) is 19.0 Å². The van der Waals surface area contributed by atoms with Crippen molar-refractivity contribution >= 4 is 17.8 Å². The minimum absolute atomic E-state index is 0.484. The molecule has 0 radical (unpaired) electrons. The fraction of sp³-hybridized carbons (Fsp3) is 0.263. The highest BCUT2D eigenvalue weighted by molar-refractivity contribution is 5.94. The Balaban J connectivity index is 1.98. The molecule has 150 valence electrons. The summed E-state index contributed by atoms with van der Waals surface area (Å²) in [5.41, 5.74) is 0.124. The third kappa shape index (κ3) is 5.15. The van der Waals surface area contributed by atoms with Crippen LogP contribution in [0.25, 0.3) is 0 Å². The van der Waals surface area contributed by atoms with Crippen LogP contribution in [0.15, 0.2) is 35.5 Å². The number of oxime groups is 1. The lowest BCUT2D eigenvalue weighted by Gasteiger charge is -2.12. The number of methoxy groups -OCH3 is 1. The molecule has 1 amide bonds. The largest absolute Gasteiger partial charge is 0.493 e. The maximum atomic E-state index is 13.6. The van der Waals surface area contributed by atoms with Crippen molar-refractivity contribution in [1.29, 1.82) is 0 Å². The fourth-order valence-corrected chi connectivity index (χ4v) is 2.13. The molecule has 0 saturated carbocycles. The molecule has 28 heavy (non-hydrogen) atoms. The van der Waals surface area contributed by atoms with Gasteiger partial charge in [0.1, 0.15) is 0 Å². The molecule has 6 nitrogen and oxygen atoms in total. The summed E-state index contributed by atoms with van der Waals surface area (Å²) in [6, 6.07) is 6.69. The lowest BCUT2D eigenvalue weighted by molar-refractivity contribution is -0.126. The van der Waals surface area contributed by atoms with E-state index in [0.29, 0.717) is 29.7 Å². The molecule has 2 aromatic rings. The summed E-state index contributed by atoms with van der Waals surface area (Å²) >= 11 is 0. The van der Waals surface area contributed by atoms with Crippen LogP contribution in [0, 0.1) is 17.5 Å². The highest BCUT2D eigenvalue weighted by Crippen LogP contribution is 2.27. The van der Waals surface area contributed by atoms with Crippen LogP contribution < -0.4 is 14.8 Å². The van der Waals surface area contributed by atoms with E-state index >= 15 is 0 Å². The zero-order valence-corrected chi connectivity index (χ0v) is 15.5. The van der Waals surface area contributed by atoms with E-state index in [9.17, 15) is 18.0 Å². The molecular formula is C19H19F3N2O4. The second-order valence-electron chi connectivity index (χ2n) is 5.54. The first-order valence-electron chi connectivity index (χ1n) is 8.31. The number of rotatable bonds is 8. The number of carbonyl (C=O) groups excluding carboxylic acids is 1. The summed E-state index contributed by atoms with van der Waals surface area (Å²) < 4.78 is 50.3. The van der Waals surface area contributed by atoms with Crippen LogP contribution >= 0.6 is 0 Å². The zero-order chi connectivity index (χ0) is 20.7. The van der Waals surface area contributed by atoms with E-state index in [1.807, 2.05) is 6.92 Å². The SMILES string of the molecule is CCOc1ccc(/C=N\O[C@@H](C)C(=O)Nc2ccc(F)c(F)c2F)cc1OC. The number of hydrogen-bond donors (Lipinski definition) is 1. The van der Waals surface area contributed by atoms with Crippen LogP contribution in [0.4, 0.5) is 18.9 Å². The van der Waals surface area contributed by atoms with Crippen molar-refractivity contribution in [3.8, 4) is 11.5 Å². The maximum absolute atomic E-state index is 13.6. The molecule has 1 atom stereocenters. The van der Waals surface area contributed by atoms with Crippen molar-refractivity contribution in [3.63, 3.8) is 0 Å². The topological polar surface area (TPSA) is 69.2 Å². The molecule has 0 heterocycles. The van der Waals surface area contributed by atoms with Gasteiger partial charge in [-0.05, 0) is 44.2 Å². The number of carbonyl (C=O) groups is 1. The number of nitrogens with one attached hydrogen (secondary N) is 1. The van der Waals surface area contributed by atoms with Crippen LogP contribution in [-0.4, -0.2) is 31.9 Å². The van der Waals surface area contributed by atoms with E-state index in [2.05, 4.69) is 10.5 Å². The number of amides is 1. The van der Waals surface area contributed by atoms with Crippen molar-refractivity contribution in [3.05, 3.63) is 53.3 Å². The minimum atomic E-state index is -1.67. The lowest BCUT2D eigenvalue weighted by atomic mass is 10.2. The van der Waals surface area contributed by atoms with Gasteiger partial charge in [0.25, 0.3) is 5.91 Å². The number of ether oxygens (including phenoxy) is 2. The molecule has 0 aromatic heterocycles. The number of anilines is 1. The van der Waals surface area contributed by atoms with Gasteiger partial charge in [0.15, 0.2) is 29.0 Å². The van der Waals surface area contributed by atoms with E-state index in [1.165, 1.54) is 20.2 Å². The molecular weight excluding hydrogens is 377 g/mol. The Labute approximate surface area is 159 Å². The Morgan fingerprint density at radius 1 is 1.18 bits per heavy atom. The molecule has 2 rings (SSSR count). The molecule has 0 aliphatic heterocycles. The van der Waals surface area contributed by atoms with Gasteiger partial charge in [-0.25, -0.2) is 13.2 Å². The fourth-order valence-electron chi connectivity index (χ4n) is 2.13. The van der Waals surface area contributed by atoms with Crippen LogP contribution in [0.3, 0.4) is 0 Å². The summed E-state index contributed by atoms with van der Waals surface area (Å²) in [6.45, 7) is 3.70. The number of hydrogen-bond acceptors (Lipinski definition) is 5. The van der Waals surface area contributed by atoms with Crippen molar-refractivity contribution in [1.82, 2.24) is 0 Å². The molecule has 0 saturated heterocycles. The normalized spacial score (nSPS) is 11.9. The minimum Gasteiger partial charge on any atom is -0.493 e. The Hall–Kier alpha value is -3.23. The third-order valence-corrected chi connectivity index (χ3v) is 3.57. The van der Waals surface area contributed by atoms with Crippen molar-refractivity contribution in [2.45, 2.75) is 20.0 Å². The smallest absolute Gasteiger partial charge is 0.268 e. The second-order valence-corrected chi connectivity index (χ2v) is 5.54. The van der Waals surface area contributed by atoms with Crippen LogP contribution in [-0.2, 0) is 9.63 Å². The van der Waals surface area contributed by atoms with E-state index < -0.39 is 35.2 Å². The predicted molar refractivity (Wildman–Crippen MR) is 97.2 cm³/mol. The summed E-state index contributed by atoms with van der Waals surface area (Å²) in [4.78, 5) is 17.0. The summed E-state index contributed by atoms with van der Waals surface area (Å²) in [5, 5.41) is 5.81. The first kappa shape index (κ1) is 21.1. The third-order valence-electron chi connectivity index (χ3n) is 3.57. The first-order chi connectivity index (χ1) is 13.4. The lowest BCUT2D eigenvalue weighted by Crippen LogP contribution is -2.27. The molecule has 0 aliphatic rings. The maximum Gasteiger partial charge on any atom is 0.268 e. The Bertz CT molecular complexity index is 874. The Morgan fingerprint density at radius 3 is 2.61 bits per heavy atom. The standard InChI is InChI=1S/C19H19F3N2O4/c1-4-27-15-8-5-12(9-16(15)26-3)10-23-28-11(2)19(25)24-14-7-6-13(20)17(21)18(14)22/h5-11H,4H2,1-3H3,(H,24,25)/b23-10-/t11-/m0/s1. The monoisotopic (exact) mass is 396 g/mol. The Kier molecular flexibility index (Phi) is 7.25. The van der Waals surface area contributed by atoms with E-state index in [-0.39, 0.29) is 0 Å². The highest BCUT2D eigenvalue weighted by Gasteiger charge is 2.19. The van der Waals surface area contributed by atoms with Gasteiger partial charge >= 0.3 is 0 Å². The molecule has 2 aromatic carbocycles. The average molecular weight is 396 g/mol. The molecule has 0 unspecified atom stereocenters. The highest BCUT2D eigenvalue weighted by atomic mass is 19.2. The number of nitrogens with zero attached hydrogens (tertiary/aromatic N) is 1. The Morgan fingerprint density at radius 2 is 1.93 bits per heavy atom. The van der Waals surface area contributed by atoms with Crippen LogP contribution in [0.5, 0.6) is 11.5 Å². The summed E-state index contributed by atoms with van der Waals surface area (Å²) in [5.74, 6) is -4.23. The summed E-state index contributed by atoms with van der Waals surface area (Å²) in [6.07, 6.45) is 0.230. The predicted octanol–water partition coefficient (Wildman–Crippen LogP) is 3.89. The van der Waals surface area contributed by atoms with Gasteiger partial charge in [-0.1, -0.05) is 5.16 Å². The number of benzene rings is 2. The van der Waals surface area contributed by atoms with Gasteiger partial charge in [0.05, 0.1) is 25.6 Å². The zero-order valence-electron chi connectivity index (χ0n) is 15.5. The number of halogens is 3. The van der Waals surface area contributed by atoms with Gasteiger partial charge < -0.3 is 19.6 Å². The van der Waals surface area contributed by atoms with Gasteiger partial charge in [0, 0.05) is 5.56 Å². The quantitative estimate of drug-likeness (QED) is 0.418. The molecule has 0 spiro atoms. The van der Waals surface area contributed by atoms with Gasteiger partial charge in [0.2, 0.25) is 6.10 Å². The van der Waals surface area contributed by atoms with Crippen molar-refractivity contribution < 1.29 is 32.3 Å². The molecule has 9 heteroatoms. The van der Waals surface area contributed by atoms with Crippen LogP contribution in [0.2, 0.25) is 0 Å².